The number of carbonyl (C=O) groups excluding carboxylic acids is 2. The van der Waals surface area contributed by atoms with Crippen molar-refractivity contribution in [3.63, 3.8) is 0 Å². The van der Waals surface area contributed by atoms with Crippen LogP contribution in [0, 0.1) is 50.7 Å². The van der Waals surface area contributed by atoms with Crippen LogP contribution in [0.4, 0.5) is 5.88 Å². The number of fused-ring (bicyclic) bond motifs is 7. The Kier molecular flexibility index (Phi) is 7.12. The fourth-order valence-corrected chi connectivity index (χ4v) is 11.6. The second kappa shape index (κ2) is 10.3. The van der Waals surface area contributed by atoms with Crippen molar-refractivity contribution in [3.8, 4) is 11.3 Å². The number of anilines is 1. The molecule has 7 rings (SSSR count). The highest BCUT2D eigenvalue weighted by atomic mass is 35.5. The third kappa shape index (κ3) is 4.26. The number of carbonyl (C=O) groups is 2. The summed E-state index contributed by atoms with van der Waals surface area (Å²) in [5.74, 6) is 1.14. The van der Waals surface area contributed by atoms with E-state index in [0.717, 1.165) is 63.4 Å². The Hall–Kier alpha value is -2.44. The van der Waals surface area contributed by atoms with Crippen LogP contribution in [0.5, 0.6) is 0 Å². The SMILES string of the molecule is CC1(C)C(O)CC[C@]2(C)C3C(=O)C=C4C5CC(C(=O)Nc6cc(-c7ccc(Cl)cc7)no6)CCC5CC[C@@]4(C)[C@]3(C)CCC12C. The molecule has 1 heterocycles. The molecule has 5 aliphatic carbocycles. The van der Waals surface area contributed by atoms with Crippen molar-refractivity contribution in [1.82, 2.24) is 5.16 Å². The highest BCUT2D eigenvalue weighted by Gasteiger charge is 2.72. The zero-order valence-electron chi connectivity index (χ0n) is 27.7. The summed E-state index contributed by atoms with van der Waals surface area (Å²) in [5.41, 5.74) is 2.02. The molecule has 0 radical (unpaired) electrons. The van der Waals surface area contributed by atoms with E-state index in [1.54, 1.807) is 18.2 Å². The van der Waals surface area contributed by atoms with E-state index in [9.17, 15) is 14.7 Å². The van der Waals surface area contributed by atoms with Gasteiger partial charge in [0.25, 0.3) is 0 Å². The van der Waals surface area contributed by atoms with Gasteiger partial charge in [-0.2, -0.15) is 0 Å². The Morgan fingerprint density at radius 2 is 1.69 bits per heavy atom. The van der Waals surface area contributed by atoms with Gasteiger partial charge in [-0.15, -0.1) is 0 Å². The van der Waals surface area contributed by atoms with E-state index < -0.39 is 0 Å². The van der Waals surface area contributed by atoms with Gasteiger partial charge in [0.05, 0.1) is 6.10 Å². The number of nitrogens with zero attached hydrogens (tertiary/aromatic N) is 1. The molecule has 0 spiro atoms. The van der Waals surface area contributed by atoms with Gasteiger partial charge >= 0.3 is 0 Å². The van der Waals surface area contributed by atoms with Crippen LogP contribution in [-0.4, -0.2) is 28.1 Å². The van der Waals surface area contributed by atoms with E-state index in [2.05, 4.69) is 58.1 Å². The van der Waals surface area contributed by atoms with Crippen LogP contribution in [0.2, 0.25) is 5.02 Å². The minimum Gasteiger partial charge on any atom is -0.393 e. The maximum Gasteiger partial charge on any atom is 0.231 e. The van der Waals surface area contributed by atoms with Gasteiger partial charge in [0.2, 0.25) is 11.8 Å². The Bertz CT molecular complexity index is 1560. The molecule has 1 aromatic heterocycles. The van der Waals surface area contributed by atoms with Crippen LogP contribution in [0.3, 0.4) is 0 Å². The molecule has 45 heavy (non-hydrogen) atoms. The summed E-state index contributed by atoms with van der Waals surface area (Å²) in [7, 11) is 0. The van der Waals surface area contributed by atoms with Gasteiger partial charge in [0.1, 0.15) is 5.69 Å². The van der Waals surface area contributed by atoms with Crippen molar-refractivity contribution < 1.29 is 19.2 Å². The lowest BCUT2D eigenvalue weighted by Crippen LogP contribution is -2.69. The van der Waals surface area contributed by atoms with E-state index in [0.29, 0.717) is 22.5 Å². The maximum absolute atomic E-state index is 14.5. The molecule has 4 fully saturated rings. The lowest BCUT2D eigenvalue weighted by Gasteiger charge is -2.73. The number of benzene rings is 1. The van der Waals surface area contributed by atoms with Gasteiger partial charge in [0.15, 0.2) is 5.78 Å². The van der Waals surface area contributed by atoms with Crippen LogP contribution < -0.4 is 5.32 Å². The zero-order valence-corrected chi connectivity index (χ0v) is 28.5. The largest absolute Gasteiger partial charge is 0.393 e. The number of nitrogens with one attached hydrogen (secondary N) is 1. The topological polar surface area (TPSA) is 92.4 Å². The number of aromatic nitrogens is 1. The van der Waals surface area contributed by atoms with Gasteiger partial charge in [-0.1, -0.05) is 76.0 Å². The summed E-state index contributed by atoms with van der Waals surface area (Å²) >= 11 is 6.03. The van der Waals surface area contributed by atoms with E-state index >= 15 is 0 Å². The highest BCUT2D eigenvalue weighted by Crippen LogP contribution is 2.77. The molecule has 0 aliphatic heterocycles. The van der Waals surface area contributed by atoms with E-state index in [1.807, 2.05) is 12.1 Å². The number of hydrogen-bond donors (Lipinski definition) is 2. The second-order valence-electron chi connectivity index (χ2n) is 16.7. The van der Waals surface area contributed by atoms with Gasteiger partial charge < -0.3 is 9.63 Å². The zero-order chi connectivity index (χ0) is 32.2. The number of rotatable bonds is 3. The molecule has 242 valence electrons. The summed E-state index contributed by atoms with van der Waals surface area (Å²) in [6.07, 6.45) is 10.2. The third-order valence-electron chi connectivity index (χ3n) is 15.0. The number of allylic oxidation sites excluding steroid dienone is 2. The Morgan fingerprint density at radius 1 is 0.956 bits per heavy atom. The fourth-order valence-electron chi connectivity index (χ4n) is 11.5. The highest BCUT2D eigenvalue weighted by molar-refractivity contribution is 6.30. The number of aliphatic hydroxyl groups is 1. The van der Waals surface area contributed by atoms with Crippen molar-refractivity contribution >= 4 is 29.2 Å². The Balaban J connectivity index is 1.15. The summed E-state index contributed by atoms with van der Waals surface area (Å²) in [6, 6.07) is 9.13. The first-order valence-electron chi connectivity index (χ1n) is 17.1. The monoisotopic (exact) mass is 632 g/mol. The molecule has 5 aliphatic rings. The van der Waals surface area contributed by atoms with Crippen LogP contribution in [0.1, 0.15) is 99.3 Å². The summed E-state index contributed by atoms with van der Waals surface area (Å²) in [5, 5.41) is 18.9. The van der Waals surface area contributed by atoms with E-state index in [1.165, 1.54) is 5.57 Å². The van der Waals surface area contributed by atoms with Crippen molar-refractivity contribution in [2.75, 3.05) is 5.32 Å². The first-order valence-corrected chi connectivity index (χ1v) is 17.5. The number of amides is 1. The van der Waals surface area contributed by atoms with Crippen LogP contribution in [-0.2, 0) is 9.59 Å². The molecule has 1 aromatic carbocycles. The molecule has 6 unspecified atom stereocenters. The number of hydrogen-bond acceptors (Lipinski definition) is 5. The van der Waals surface area contributed by atoms with Crippen LogP contribution in [0.25, 0.3) is 11.3 Å². The normalized spacial score (nSPS) is 42.0. The average Bonchev–Trinajstić information content (AvgIpc) is 3.46. The summed E-state index contributed by atoms with van der Waals surface area (Å²) in [6.45, 7) is 14.0. The predicted molar refractivity (Wildman–Crippen MR) is 176 cm³/mol. The van der Waals surface area contributed by atoms with Crippen LogP contribution in [0.15, 0.2) is 46.5 Å². The van der Waals surface area contributed by atoms with Gasteiger partial charge in [-0.25, -0.2) is 0 Å². The van der Waals surface area contributed by atoms with Crippen molar-refractivity contribution in [2.45, 2.75) is 105 Å². The van der Waals surface area contributed by atoms with Gasteiger partial charge in [-0.3, -0.25) is 14.9 Å². The quantitative estimate of drug-likeness (QED) is 0.352. The minimum atomic E-state index is -0.345. The lowest BCUT2D eigenvalue weighted by atomic mass is 9.31. The first kappa shape index (κ1) is 31.2. The second-order valence-corrected chi connectivity index (χ2v) is 17.1. The minimum absolute atomic E-state index is 0.0321. The van der Waals surface area contributed by atoms with Crippen LogP contribution >= 0.6 is 11.6 Å². The maximum atomic E-state index is 14.5. The molecular formula is C38H49ClN2O4. The summed E-state index contributed by atoms with van der Waals surface area (Å²) in [4.78, 5) is 28.2. The van der Waals surface area contributed by atoms with Gasteiger partial charge in [0, 0.05) is 28.5 Å². The number of halogens is 1. The molecule has 1 amide bonds. The third-order valence-corrected chi connectivity index (χ3v) is 15.3. The fraction of sp³-hybridized carbons (Fsp3) is 0.658. The van der Waals surface area contributed by atoms with Crippen molar-refractivity contribution in [1.29, 1.82) is 0 Å². The molecule has 2 N–H and O–H groups in total. The Labute approximate surface area is 272 Å². The number of ketones is 1. The molecule has 9 atom stereocenters. The molecule has 7 heteroatoms. The van der Waals surface area contributed by atoms with Crippen molar-refractivity contribution in [2.24, 2.45) is 50.7 Å². The smallest absolute Gasteiger partial charge is 0.231 e. The number of aliphatic hydroxyl groups excluding tert-OH is 1. The van der Waals surface area contributed by atoms with E-state index in [-0.39, 0.29) is 62.6 Å². The molecule has 4 saturated carbocycles. The molecular weight excluding hydrogens is 584 g/mol. The average molecular weight is 633 g/mol. The summed E-state index contributed by atoms with van der Waals surface area (Å²) < 4.78 is 5.50. The first-order chi connectivity index (χ1) is 21.1. The molecule has 0 saturated heterocycles. The van der Waals surface area contributed by atoms with Crippen molar-refractivity contribution in [3.05, 3.63) is 47.0 Å². The molecule has 6 nitrogen and oxygen atoms in total. The van der Waals surface area contributed by atoms with E-state index in [4.69, 9.17) is 16.1 Å². The molecule has 0 bridgehead atoms. The lowest BCUT2D eigenvalue weighted by molar-refractivity contribution is -0.242. The van der Waals surface area contributed by atoms with Gasteiger partial charge in [-0.05, 0) is 115 Å². The Morgan fingerprint density at radius 3 is 2.42 bits per heavy atom. The predicted octanol–water partition coefficient (Wildman–Crippen LogP) is 8.89. The standard InChI is InChI=1S/C38H49ClN2O4/c1-34(2)30(43)14-16-37(5)32-29(42)20-27-26-19-24(33(44)40-31-21-28(41-45-31)23-9-11-25(39)12-10-23)8-7-22(26)13-15-35(27,3)36(32,4)17-18-38(34,37)6/h9-12,20-22,24,26,30,32,43H,7-8,13-19H2,1-6H3,(H,40,44)/t22?,24?,26?,30?,32?,35-,36-,37-,38?/m1/s1. The molecule has 2 aromatic rings.